The van der Waals surface area contributed by atoms with E-state index in [9.17, 15) is 28.3 Å². The Hall–Kier alpha value is -3.33. The first-order chi connectivity index (χ1) is 15.7. The van der Waals surface area contributed by atoms with E-state index in [1.807, 2.05) is 30.3 Å². The van der Waals surface area contributed by atoms with Crippen molar-refractivity contribution < 1.29 is 28.3 Å². The van der Waals surface area contributed by atoms with Crippen LogP contribution in [0.3, 0.4) is 0 Å². The highest BCUT2D eigenvalue weighted by molar-refractivity contribution is 5.93. The highest BCUT2D eigenvalue weighted by Gasteiger charge is 2.33. The lowest BCUT2D eigenvalue weighted by Gasteiger charge is -2.29. The molecule has 4 atom stereocenters. The van der Waals surface area contributed by atoms with E-state index in [2.05, 4.69) is 10.6 Å². The van der Waals surface area contributed by atoms with Crippen LogP contribution in [0.4, 0.5) is 8.78 Å². The SMILES string of the molecule is C[C@H](NC(=O)[C@@H](O)c1cc(F)cc(F)c1)C(=O)N[C@H]1CCC[C@H](c2ccccc2)N(C)C1=O. The highest BCUT2D eigenvalue weighted by Crippen LogP contribution is 2.29. The van der Waals surface area contributed by atoms with E-state index in [1.165, 1.54) is 6.92 Å². The maximum absolute atomic E-state index is 13.4. The van der Waals surface area contributed by atoms with Gasteiger partial charge in [0.05, 0.1) is 6.04 Å². The quantitative estimate of drug-likeness (QED) is 0.618. The first-order valence-corrected chi connectivity index (χ1v) is 10.7. The Bertz CT molecular complexity index is 998. The van der Waals surface area contributed by atoms with Gasteiger partial charge in [-0.25, -0.2) is 8.78 Å². The second-order valence-corrected chi connectivity index (χ2v) is 8.20. The summed E-state index contributed by atoms with van der Waals surface area (Å²) in [7, 11) is 1.70. The molecule has 176 valence electrons. The fourth-order valence-corrected chi connectivity index (χ4v) is 3.97. The zero-order chi connectivity index (χ0) is 24.1. The molecule has 3 amide bonds. The number of amides is 3. The number of hydrogen-bond acceptors (Lipinski definition) is 4. The summed E-state index contributed by atoms with van der Waals surface area (Å²) in [6.45, 7) is 1.39. The average Bonchev–Trinajstić information content (AvgIpc) is 2.92. The molecule has 1 saturated heterocycles. The molecule has 3 N–H and O–H groups in total. The van der Waals surface area contributed by atoms with Crippen LogP contribution in [-0.4, -0.2) is 46.9 Å². The lowest BCUT2D eigenvalue weighted by molar-refractivity contribution is -0.138. The number of nitrogens with one attached hydrogen (secondary N) is 2. The van der Waals surface area contributed by atoms with Gasteiger partial charge in [0.2, 0.25) is 11.8 Å². The first-order valence-electron chi connectivity index (χ1n) is 10.7. The molecular weight excluding hydrogens is 432 g/mol. The van der Waals surface area contributed by atoms with Crippen LogP contribution in [0.25, 0.3) is 0 Å². The van der Waals surface area contributed by atoms with Crippen LogP contribution < -0.4 is 10.6 Å². The lowest BCUT2D eigenvalue weighted by Crippen LogP contribution is -2.53. The summed E-state index contributed by atoms with van der Waals surface area (Å²) in [6.07, 6.45) is 0.0547. The maximum Gasteiger partial charge on any atom is 0.254 e. The number of nitrogens with zero attached hydrogens (tertiary/aromatic N) is 1. The molecule has 9 heteroatoms. The summed E-state index contributed by atoms with van der Waals surface area (Å²) in [5, 5.41) is 15.1. The third kappa shape index (κ3) is 5.92. The zero-order valence-corrected chi connectivity index (χ0v) is 18.4. The van der Waals surface area contributed by atoms with E-state index in [-0.39, 0.29) is 17.5 Å². The minimum Gasteiger partial charge on any atom is -0.378 e. The van der Waals surface area contributed by atoms with Gasteiger partial charge in [-0.3, -0.25) is 14.4 Å². The molecule has 1 aliphatic heterocycles. The Balaban J connectivity index is 1.60. The normalized spacial score (nSPS) is 20.5. The van der Waals surface area contributed by atoms with Crippen molar-refractivity contribution in [1.82, 2.24) is 15.5 Å². The largest absolute Gasteiger partial charge is 0.378 e. The number of likely N-dealkylation sites (tertiary alicyclic amines) is 1. The fraction of sp³-hybridized carbons (Fsp3) is 0.375. The molecule has 2 aromatic rings. The average molecular weight is 459 g/mol. The van der Waals surface area contributed by atoms with E-state index in [0.29, 0.717) is 18.9 Å². The van der Waals surface area contributed by atoms with Crippen molar-refractivity contribution in [3.05, 3.63) is 71.3 Å². The molecule has 2 aromatic carbocycles. The topological polar surface area (TPSA) is 98.7 Å². The third-order valence-corrected chi connectivity index (χ3v) is 5.79. The van der Waals surface area contributed by atoms with Gasteiger partial charge in [-0.15, -0.1) is 0 Å². The van der Waals surface area contributed by atoms with E-state index in [0.717, 1.165) is 24.1 Å². The molecule has 7 nitrogen and oxygen atoms in total. The fourth-order valence-electron chi connectivity index (χ4n) is 3.97. The molecule has 1 aliphatic rings. The Labute approximate surface area is 190 Å². The van der Waals surface area contributed by atoms with E-state index in [1.54, 1.807) is 11.9 Å². The van der Waals surface area contributed by atoms with Gasteiger partial charge in [-0.2, -0.15) is 0 Å². The number of carbonyl (C=O) groups is 3. The number of hydrogen-bond donors (Lipinski definition) is 3. The molecule has 3 rings (SSSR count). The minimum absolute atomic E-state index is 0.0976. The summed E-state index contributed by atoms with van der Waals surface area (Å²) in [6, 6.07) is 10.00. The summed E-state index contributed by atoms with van der Waals surface area (Å²) in [5.41, 5.74) is 0.744. The molecular formula is C24H27F2N3O4. The molecule has 0 aromatic heterocycles. The van der Waals surface area contributed by atoms with E-state index >= 15 is 0 Å². The van der Waals surface area contributed by atoms with Crippen LogP contribution in [0.2, 0.25) is 0 Å². The number of likely N-dealkylation sites (N-methyl/N-ethyl adjacent to an activating group) is 1. The Morgan fingerprint density at radius 3 is 2.33 bits per heavy atom. The van der Waals surface area contributed by atoms with Gasteiger partial charge in [0.1, 0.15) is 23.7 Å². The van der Waals surface area contributed by atoms with Crippen LogP contribution in [0.15, 0.2) is 48.5 Å². The standard InChI is InChI=1S/C24H27F2N3O4/c1-14(27-23(32)21(30)16-11-17(25)13-18(26)12-16)22(31)28-19-9-6-10-20(29(2)24(19)33)15-7-4-3-5-8-15/h3-5,7-8,11-14,19-21,30H,6,9-10H2,1-2H3,(H,27,32)(H,28,31)/t14-,19-,20+,21-/m0/s1. The number of carbonyl (C=O) groups excluding carboxylic acids is 3. The number of rotatable bonds is 6. The lowest BCUT2D eigenvalue weighted by atomic mass is 10.0. The van der Waals surface area contributed by atoms with Crippen LogP contribution in [-0.2, 0) is 14.4 Å². The van der Waals surface area contributed by atoms with Gasteiger partial charge in [0.25, 0.3) is 5.91 Å². The van der Waals surface area contributed by atoms with Crippen LogP contribution in [0.5, 0.6) is 0 Å². The van der Waals surface area contributed by atoms with Crippen LogP contribution in [0.1, 0.15) is 49.5 Å². The van der Waals surface area contributed by atoms with Gasteiger partial charge in [0.15, 0.2) is 6.10 Å². The van der Waals surface area contributed by atoms with Crippen LogP contribution in [0, 0.1) is 11.6 Å². The Kier molecular flexibility index (Phi) is 7.75. The smallest absolute Gasteiger partial charge is 0.254 e. The van der Waals surface area contributed by atoms with E-state index in [4.69, 9.17) is 0 Å². The van der Waals surface area contributed by atoms with Gasteiger partial charge in [0, 0.05) is 13.1 Å². The molecule has 0 saturated carbocycles. The molecule has 33 heavy (non-hydrogen) atoms. The molecule has 0 spiro atoms. The van der Waals surface area contributed by atoms with Crippen molar-refractivity contribution in [1.29, 1.82) is 0 Å². The molecule has 0 bridgehead atoms. The second-order valence-electron chi connectivity index (χ2n) is 8.20. The van der Waals surface area contributed by atoms with Crippen molar-refractivity contribution in [2.45, 2.75) is 50.4 Å². The monoisotopic (exact) mass is 459 g/mol. The van der Waals surface area contributed by atoms with Crippen molar-refractivity contribution >= 4 is 17.7 Å². The predicted molar refractivity (Wildman–Crippen MR) is 117 cm³/mol. The van der Waals surface area contributed by atoms with Crippen molar-refractivity contribution in [2.75, 3.05) is 7.05 Å². The zero-order valence-electron chi connectivity index (χ0n) is 18.4. The highest BCUT2D eigenvalue weighted by atomic mass is 19.1. The molecule has 0 unspecified atom stereocenters. The number of halogens is 2. The summed E-state index contributed by atoms with van der Waals surface area (Å²) in [5.74, 6) is -3.70. The molecule has 0 radical (unpaired) electrons. The molecule has 1 heterocycles. The predicted octanol–water partition coefficient (Wildman–Crippen LogP) is 2.37. The Morgan fingerprint density at radius 2 is 1.70 bits per heavy atom. The van der Waals surface area contributed by atoms with Crippen molar-refractivity contribution in [2.24, 2.45) is 0 Å². The number of aliphatic hydroxyl groups is 1. The number of aliphatic hydroxyl groups excluding tert-OH is 1. The maximum atomic E-state index is 13.4. The summed E-state index contributed by atoms with van der Waals surface area (Å²) in [4.78, 5) is 39.5. The molecule has 0 aliphatic carbocycles. The summed E-state index contributed by atoms with van der Waals surface area (Å²) >= 11 is 0. The summed E-state index contributed by atoms with van der Waals surface area (Å²) < 4.78 is 26.7. The third-order valence-electron chi connectivity index (χ3n) is 5.79. The minimum atomic E-state index is -1.86. The van der Waals surface area contributed by atoms with Gasteiger partial charge in [-0.1, -0.05) is 30.3 Å². The van der Waals surface area contributed by atoms with E-state index < -0.39 is 41.6 Å². The van der Waals surface area contributed by atoms with Crippen LogP contribution >= 0.6 is 0 Å². The van der Waals surface area contributed by atoms with Gasteiger partial charge in [-0.05, 0) is 49.4 Å². The van der Waals surface area contributed by atoms with Crippen molar-refractivity contribution in [3.63, 3.8) is 0 Å². The number of benzene rings is 2. The first kappa shape index (κ1) is 24.3. The van der Waals surface area contributed by atoms with Crippen molar-refractivity contribution in [3.8, 4) is 0 Å². The molecule has 1 fully saturated rings. The second kappa shape index (κ2) is 10.5. The van der Waals surface area contributed by atoms with Gasteiger partial charge < -0.3 is 20.6 Å². The van der Waals surface area contributed by atoms with Gasteiger partial charge >= 0.3 is 0 Å². The Morgan fingerprint density at radius 1 is 1.06 bits per heavy atom.